The monoisotopic (exact) mass is 222 g/mol. The summed E-state index contributed by atoms with van der Waals surface area (Å²) in [4.78, 5) is 0. The zero-order valence-corrected chi connectivity index (χ0v) is 10.6. The predicted octanol–water partition coefficient (Wildman–Crippen LogP) is 4.66. The quantitative estimate of drug-likeness (QED) is 0.471. The molecular formula is C14H19Cl. The third-order valence-corrected chi connectivity index (χ3v) is 3.57. The molecule has 82 valence electrons. The zero-order chi connectivity index (χ0) is 11.5. The topological polar surface area (TPSA) is 0 Å². The van der Waals surface area contributed by atoms with Crippen LogP contribution >= 0.6 is 11.6 Å². The lowest BCUT2D eigenvalue weighted by Gasteiger charge is -2.34. The predicted molar refractivity (Wildman–Crippen MR) is 67.7 cm³/mol. The lowest BCUT2D eigenvalue weighted by Crippen LogP contribution is -2.20. The van der Waals surface area contributed by atoms with Crippen LogP contribution in [0.1, 0.15) is 46.5 Å². The first kappa shape index (κ1) is 12.4. The van der Waals surface area contributed by atoms with E-state index in [1.54, 1.807) is 0 Å². The summed E-state index contributed by atoms with van der Waals surface area (Å²) in [5, 5.41) is 0.525. The Morgan fingerprint density at radius 3 is 2.80 bits per heavy atom. The molecular weight excluding hydrogens is 204 g/mol. The third-order valence-electron chi connectivity index (χ3n) is 3.31. The SMILES string of the molecule is C#CC(Cl)=CCC1=C(C)CCCC1(C)C. The van der Waals surface area contributed by atoms with Gasteiger partial charge in [-0.15, -0.1) is 6.42 Å². The summed E-state index contributed by atoms with van der Waals surface area (Å²) in [6, 6.07) is 0. The van der Waals surface area contributed by atoms with Crippen molar-refractivity contribution in [2.75, 3.05) is 0 Å². The molecule has 1 aliphatic rings. The minimum absolute atomic E-state index is 0.310. The van der Waals surface area contributed by atoms with E-state index in [1.807, 2.05) is 6.08 Å². The Morgan fingerprint density at radius 1 is 1.60 bits per heavy atom. The van der Waals surface area contributed by atoms with Crippen LogP contribution in [0.3, 0.4) is 0 Å². The second-order valence-electron chi connectivity index (χ2n) is 4.90. The maximum atomic E-state index is 5.83. The van der Waals surface area contributed by atoms with Crippen LogP contribution in [0.5, 0.6) is 0 Å². The second kappa shape index (κ2) is 4.90. The number of halogens is 1. The lowest BCUT2D eigenvalue weighted by atomic mass is 9.71. The van der Waals surface area contributed by atoms with Gasteiger partial charge >= 0.3 is 0 Å². The van der Waals surface area contributed by atoms with Crippen LogP contribution in [0, 0.1) is 17.8 Å². The van der Waals surface area contributed by atoms with Gasteiger partial charge in [0.15, 0.2) is 0 Å². The molecule has 0 aliphatic heterocycles. The maximum Gasteiger partial charge on any atom is 0.0864 e. The fourth-order valence-corrected chi connectivity index (χ4v) is 2.45. The van der Waals surface area contributed by atoms with E-state index in [2.05, 4.69) is 26.7 Å². The molecule has 1 rings (SSSR count). The van der Waals surface area contributed by atoms with Crippen molar-refractivity contribution in [2.24, 2.45) is 5.41 Å². The van der Waals surface area contributed by atoms with Gasteiger partial charge in [-0.2, -0.15) is 0 Å². The smallest absolute Gasteiger partial charge is 0.0864 e. The Morgan fingerprint density at radius 2 is 2.27 bits per heavy atom. The molecule has 0 N–H and O–H groups in total. The van der Waals surface area contributed by atoms with Gasteiger partial charge in [0.2, 0.25) is 0 Å². The van der Waals surface area contributed by atoms with Crippen LogP contribution in [0.4, 0.5) is 0 Å². The molecule has 0 radical (unpaired) electrons. The molecule has 0 atom stereocenters. The minimum atomic E-state index is 0.310. The molecule has 0 fully saturated rings. The molecule has 0 saturated heterocycles. The molecule has 1 heteroatoms. The molecule has 0 bridgehead atoms. The van der Waals surface area contributed by atoms with Gasteiger partial charge in [-0.05, 0) is 38.0 Å². The summed E-state index contributed by atoms with van der Waals surface area (Å²) in [6.45, 7) is 6.85. The summed E-state index contributed by atoms with van der Waals surface area (Å²) >= 11 is 5.83. The summed E-state index contributed by atoms with van der Waals surface area (Å²) in [6.07, 6.45) is 11.9. The number of hydrogen-bond acceptors (Lipinski definition) is 0. The van der Waals surface area contributed by atoms with Crippen LogP contribution in [-0.2, 0) is 0 Å². The zero-order valence-electron chi connectivity index (χ0n) is 9.86. The van der Waals surface area contributed by atoms with Crippen LogP contribution in [0.2, 0.25) is 0 Å². The van der Waals surface area contributed by atoms with Crippen LogP contribution < -0.4 is 0 Å². The van der Waals surface area contributed by atoms with E-state index in [1.165, 1.54) is 30.4 Å². The summed E-state index contributed by atoms with van der Waals surface area (Å²) in [5.74, 6) is 2.45. The molecule has 0 aromatic heterocycles. The molecule has 0 amide bonds. The van der Waals surface area contributed by atoms with Crippen LogP contribution in [0.15, 0.2) is 22.3 Å². The second-order valence-corrected chi connectivity index (χ2v) is 5.30. The third kappa shape index (κ3) is 3.14. The molecule has 0 nitrogen and oxygen atoms in total. The summed E-state index contributed by atoms with van der Waals surface area (Å²) in [7, 11) is 0. The highest BCUT2D eigenvalue weighted by Crippen LogP contribution is 2.41. The largest absolute Gasteiger partial charge is 0.114 e. The Labute approximate surface area is 98.4 Å². The minimum Gasteiger partial charge on any atom is -0.114 e. The highest BCUT2D eigenvalue weighted by Gasteiger charge is 2.27. The Balaban J connectivity index is 2.87. The fraction of sp³-hybridized carbons (Fsp3) is 0.571. The van der Waals surface area contributed by atoms with E-state index in [0.717, 1.165) is 6.42 Å². The Bertz CT molecular complexity index is 337. The number of hydrogen-bond donors (Lipinski definition) is 0. The van der Waals surface area contributed by atoms with Gasteiger partial charge in [-0.1, -0.05) is 48.6 Å². The van der Waals surface area contributed by atoms with Crippen molar-refractivity contribution in [2.45, 2.75) is 46.5 Å². The van der Waals surface area contributed by atoms with E-state index >= 15 is 0 Å². The van der Waals surface area contributed by atoms with Crippen LogP contribution in [0.25, 0.3) is 0 Å². The van der Waals surface area contributed by atoms with E-state index in [0.29, 0.717) is 10.4 Å². The number of allylic oxidation sites excluding steroid dienone is 4. The van der Waals surface area contributed by atoms with Crippen LogP contribution in [-0.4, -0.2) is 0 Å². The van der Waals surface area contributed by atoms with E-state index in [4.69, 9.17) is 18.0 Å². The first-order chi connectivity index (χ1) is 6.97. The van der Waals surface area contributed by atoms with Gasteiger partial charge in [-0.25, -0.2) is 0 Å². The van der Waals surface area contributed by atoms with E-state index in [9.17, 15) is 0 Å². The van der Waals surface area contributed by atoms with Crippen molar-refractivity contribution in [1.82, 2.24) is 0 Å². The van der Waals surface area contributed by atoms with Gasteiger partial charge in [0.25, 0.3) is 0 Å². The average molecular weight is 223 g/mol. The van der Waals surface area contributed by atoms with Crippen molar-refractivity contribution in [3.05, 3.63) is 22.3 Å². The lowest BCUT2D eigenvalue weighted by molar-refractivity contribution is 0.361. The molecule has 0 unspecified atom stereocenters. The van der Waals surface area contributed by atoms with Gasteiger partial charge < -0.3 is 0 Å². The number of rotatable bonds is 2. The van der Waals surface area contributed by atoms with Crippen molar-refractivity contribution in [3.63, 3.8) is 0 Å². The highest BCUT2D eigenvalue weighted by atomic mass is 35.5. The van der Waals surface area contributed by atoms with E-state index in [-0.39, 0.29) is 0 Å². The Hall–Kier alpha value is -0.670. The molecule has 0 aromatic rings. The van der Waals surface area contributed by atoms with Gasteiger partial charge in [-0.3, -0.25) is 0 Å². The maximum absolute atomic E-state index is 5.83. The Kier molecular flexibility index (Phi) is 4.05. The first-order valence-corrected chi connectivity index (χ1v) is 5.86. The van der Waals surface area contributed by atoms with Crippen molar-refractivity contribution in [3.8, 4) is 12.3 Å². The molecule has 0 spiro atoms. The van der Waals surface area contributed by atoms with Crippen molar-refractivity contribution < 1.29 is 0 Å². The molecule has 15 heavy (non-hydrogen) atoms. The normalized spacial score (nSPS) is 21.4. The van der Waals surface area contributed by atoms with Gasteiger partial charge in [0.1, 0.15) is 0 Å². The molecule has 0 saturated carbocycles. The fourth-order valence-electron chi connectivity index (χ4n) is 2.38. The standard InChI is InChI=1S/C14H19Cl/c1-5-12(15)8-9-13-11(2)7-6-10-14(13,3)4/h1,8H,6-7,9-10H2,2-4H3. The molecule has 0 aromatic carbocycles. The number of terminal acetylenes is 1. The summed E-state index contributed by atoms with van der Waals surface area (Å²) in [5.41, 5.74) is 3.34. The molecule has 0 heterocycles. The van der Waals surface area contributed by atoms with Gasteiger partial charge in [0, 0.05) is 0 Å². The van der Waals surface area contributed by atoms with Crippen molar-refractivity contribution >= 4 is 11.6 Å². The van der Waals surface area contributed by atoms with Crippen molar-refractivity contribution in [1.29, 1.82) is 0 Å². The average Bonchev–Trinajstić information content (AvgIpc) is 2.15. The van der Waals surface area contributed by atoms with Gasteiger partial charge in [0.05, 0.1) is 5.03 Å². The first-order valence-electron chi connectivity index (χ1n) is 5.49. The highest BCUT2D eigenvalue weighted by molar-refractivity contribution is 6.32. The summed E-state index contributed by atoms with van der Waals surface area (Å²) < 4.78 is 0. The van der Waals surface area contributed by atoms with E-state index < -0.39 is 0 Å². The molecule has 1 aliphatic carbocycles.